The Morgan fingerprint density at radius 3 is 2.10 bits per heavy atom. The predicted octanol–water partition coefficient (Wildman–Crippen LogP) is 1.08. The van der Waals surface area contributed by atoms with Crippen LogP contribution >= 0.6 is 0 Å². The van der Waals surface area contributed by atoms with Gasteiger partial charge in [0.15, 0.2) is 0 Å². The maximum absolute atomic E-state index is 4.92. The van der Waals surface area contributed by atoms with Crippen LogP contribution in [0.5, 0.6) is 0 Å². The van der Waals surface area contributed by atoms with Crippen molar-refractivity contribution in [1.82, 2.24) is 0 Å². The van der Waals surface area contributed by atoms with Gasteiger partial charge in [0.2, 0.25) is 0 Å². The highest BCUT2D eigenvalue weighted by Crippen LogP contribution is 2.01. The van der Waals surface area contributed by atoms with Crippen LogP contribution in [-0.2, 0) is 9.47 Å². The van der Waals surface area contributed by atoms with Crippen molar-refractivity contribution in [3.63, 3.8) is 0 Å². The quantitative estimate of drug-likeness (QED) is 0.452. The predicted molar refractivity (Wildman–Crippen MR) is 45.7 cm³/mol. The Labute approximate surface area is 65.0 Å². The van der Waals surface area contributed by atoms with Gasteiger partial charge in [-0.3, -0.25) is 0 Å². The third-order valence-corrected chi connectivity index (χ3v) is 2.67. The lowest BCUT2D eigenvalue weighted by Gasteiger charge is -2.03. The molecule has 0 bridgehead atoms. The lowest BCUT2D eigenvalue weighted by atomic mass is 10.6. The normalized spacial score (nSPS) is 10.5. The summed E-state index contributed by atoms with van der Waals surface area (Å²) in [5.74, 6) is 0.667. The van der Waals surface area contributed by atoms with Crippen LogP contribution in [0, 0.1) is 0 Å². The summed E-state index contributed by atoms with van der Waals surface area (Å²) < 4.78 is 9.85. The highest BCUT2D eigenvalue weighted by molar-refractivity contribution is 6.43. The fourth-order valence-electron chi connectivity index (χ4n) is 0.582. The molecule has 0 fully saturated rings. The van der Waals surface area contributed by atoms with Gasteiger partial charge >= 0.3 is 0 Å². The van der Waals surface area contributed by atoms with E-state index >= 15 is 0 Å². The fourth-order valence-corrected chi connectivity index (χ4v) is 1.58. The van der Waals surface area contributed by atoms with E-state index in [0.29, 0.717) is 5.95 Å². The third kappa shape index (κ3) is 4.44. The maximum atomic E-state index is 4.92. The molecule has 2 nitrogen and oxygen atoms in total. The minimum Gasteiger partial charge on any atom is -0.469 e. The lowest BCUT2D eigenvalue weighted by molar-refractivity contribution is 0.0964. The van der Waals surface area contributed by atoms with Gasteiger partial charge in [0, 0.05) is 0 Å². The summed E-state index contributed by atoms with van der Waals surface area (Å²) in [6, 6.07) is 0. The molecule has 10 heavy (non-hydrogen) atoms. The van der Waals surface area contributed by atoms with Gasteiger partial charge in [-0.15, -0.1) is 0 Å². The van der Waals surface area contributed by atoms with Gasteiger partial charge in [-0.25, -0.2) is 0 Å². The first-order valence-electron chi connectivity index (χ1n) is 3.48. The zero-order valence-electron chi connectivity index (χ0n) is 7.18. The molecule has 0 saturated carbocycles. The van der Waals surface area contributed by atoms with Crippen molar-refractivity contribution in [3.05, 3.63) is 11.6 Å². The van der Waals surface area contributed by atoms with E-state index in [1.165, 1.54) is 0 Å². The molecule has 0 aliphatic heterocycles. The minimum atomic E-state index is -0.135. The fraction of sp³-hybridized carbons (Fsp3) is 0.714. The second-order valence-corrected chi connectivity index (χ2v) is 5.07. The van der Waals surface area contributed by atoms with Gasteiger partial charge in [0.25, 0.3) is 5.95 Å². The van der Waals surface area contributed by atoms with Gasteiger partial charge in [-0.05, 0) is 5.70 Å². The Kier molecular flexibility index (Phi) is 5.11. The molecule has 0 aliphatic carbocycles. The Balaban J connectivity index is 3.63. The molecule has 0 rings (SSSR count). The van der Waals surface area contributed by atoms with Crippen LogP contribution < -0.4 is 0 Å². The largest absolute Gasteiger partial charge is 0.469 e. The Morgan fingerprint density at radius 1 is 1.30 bits per heavy atom. The van der Waals surface area contributed by atoms with E-state index in [-0.39, 0.29) is 9.52 Å². The molecular formula is C7H16O2Si. The zero-order valence-corrected chi connectivity index (χ0v) is 8.59. The van der Waals surface area contributed by atoms with E-state index in [0.717, 1.165) is 5.54 Å². The Hall–Kier alpha value is -0.443. The number of rotatable bonds is 4. The van der Waals surface area contributed by atoms with Crippen LogP contribution in [0.25, 0.3) is 0 Å². The summed E-state index contributed by atoms with van der Waals surface area (Å²) in [5.41, 5.74) is 2.88. The smallest absolute Gasteiger partial charge is 0.269 e. The van der Waals surface area contributed by atoms with E-state index in [2.05, 4.69) is 19.5 Å². The summed E-state index contributed by atoms with van der Waals surface area (Å²) in [4.78, 5) is 0. The molecule has 0 unspecified atom stereocenters. The molecule has 0 saturated heterocycles. The molecule has 0 amide bonds. The number of methoxy groups -OCH3 is 2. The van der Waals surface area contributed by atoms with Gasteiger partial charge in [-0.2, -0.15) is 0 Å². The monoisotopic (exact) mass is 160 g/mol. The number of hydrogen-bond donors (Lipinski definition) is 0. The van der Waals surface area contributed by atoms with Crippen molar-refractivity contribution in [2.45, 2.75) is 19.4 Å². The Morgan fingerprint density at radius 2 is 1.80 bits per heavy atom. The molecule has 60 valence electrons. The second kappa shape index (κ2) is 5.35. The first-order chi connectivity index (χ1) is 4.70. The van der Waals surface area contributed by atoms with Crippen LogP contribution in [0.1, 0.15) is 13.8 Å². The molecule has 0 aromatic carbocycles. The number of hydrogen-bond acceptors (Lipinski definition) is 2. The number of ether oxygens (including phenoxy) is 2. The van der Waals surface area contributed by atoms with Crippen LogP contribution in [0.2, 0.25) is 5.54 Å². The van der Waals surface area contributed by atoms with E-state index < -0.39 is 0 Å². The molecule has 0 spiro atoms. The molecule has 3 heteroatoms. The van der Waals surface area contributed by atoms with Crippen molar-refractivity contribution in [2.75, 3.05) is 14.2 Å². The summed E-state index contributed by atoms with van der Waals surface area (Å²) in [6.07, 6.45) is 0. The van der Waals surface area contributed by atoms with Gasteiger partial charge < -0.3 is 9.47 Å². The van der Waals surface area contributed by atoms with Gasteiger partial charge in [-0.1, -0.05) is 19.4 Å². The molecular weight excluding hydrogens is 144 g/mol. The van der Waals surface area contributed by atoms with E-state index in [9.17, 15) is 0 Å². The Bertz CT molecular complexity index is 104. The standard InChI is InChI=1S/C7H16O2Si/c1-6(2)10-5-7(8-3)9-4/h5-6H,10H2,1-4H3. The van der Waals surface area contributed by atoms with Crippen molar-refractivity contribution in [2.24, 2.45) is 0 Å². The molecule has 0 N–H and O–H groups in total. The molecule has 0 atom stereocenters. The average Bonchev–Trinajstić information content (AvgIpc) is 1.90. The first-order valence-corrected chi connectivity index (χ1v) is 5.12. The van der Waals surface area contributed by atoms with Gasteiger partial charge in [0.05, 0.1) is 23.7 Å². The van der Waals surface area contributed by atoms with Crippen molar-refractivity contribution in [1.29, 1.82) is 0 Å². The average molecular weight is 160 g/mol. The summed E-state index contributed by atoms with van der Waals surface area (Å²) in [6.45, 7) is 4.43. The maximum Gasteiger partial charge on any atom is 0.269 e. The zero-order chi connectivity index (χ0) is 7.98. The van der Waals surface area contributed by atoms with Crippen molar-refractivity contribution < 1.29 is 9.47 Å². The molecule has 0 aromatic rings. The molecule has 0 radical (unpaired) electrons. The minimum absolute atomic E-state index is 0.135. The summed E-state index contributed by atoms with van der Waals surface area (Å²) in [7, 11) is 3.12. The van der Waals surface area contributed by atoms with Crippen LogP contribution in [0.15, 0.2) is 11.6 Å². The topological polar surface area (TPSA) is 18.5 Å². The summed E-state index contributed by atoms with van der Waals surface area (Å²) >= 11 is 0. The highest BCUT2D eigenvalue weighted by Gasteiger charge is 1.95. The second-order valence-electron chi connectivity index (χ2n) is 2.56. The van der Waals surface area contributed by atoms with E-state index in [1.54, 1.807) is 14.2 Å². The van der Waals surface area contributed by atoms with Crippen molar-refractivity contribution in [3.8, 4) is 0 Å². The highest BCUT2D eigenvalue weighted by atomic mass is 28.2. The first kappa shape index (κ1) is 9.56. The van der Waals surface area contributed by atoms with Gasteiger partial charge in [0.1, 0.15) is 0 Å². The van der Waals surface area contributed by atoms with E-state index in [1.807, 2.05) is 0 Å². The van der Waals surface area contributed by atoms with Crippen LogP contribution in [0.3, 0.4) is 0 Å². The van der Waals surface area contributed by atoms with Crippen molar-refractivity contribution >= 4 is 9.52 Å². The van der Waals surface area contributed by atoms with Crippen LogP contribution in [-0.4, -0.2) is 23.7 Å². The third-order valence-electron chi connectivity index (χ3n) is 1.16. The molecule has 0 heterocycles. The van der Waals surface area contributed by atoms with E-state index in [4.69, 9.17) is 9.47 Å². The van der Waals surface area contributed by atoms with Crippen LogP contribution in [0.4, 0.5) is 0 Å². The summed E-state index contributed by atoms with van der Waals surface area (Å²) in [5, 5.41) is 0. The molecule has 0 aliphatic rings. The lowest BCUT2D eigenvalue weighted by Crippen LogP contribution is -1.96. The SMILES string of the molecule is COC(=C[SiH2]C(C)C)OC. The molecule has 0 aromatic heterocycles.